The lowest BCUT2D eigenvalue weighted by molar-refractivity contribution is -0.137. The molecule has 1 spiro atoms. The van der Waals surface area contributed by atoms with E-state index in [0.29, 0.717) is 49.3 Å². The molecule has 1 aliphatic heterocycles. The molecule has 2 fully saturated rings. The first-order chi connectivity index (χ1) is 16.7. The first-order valence-electron chi connectivity index (χ1n) is 11.0. The van der Waals surface area contributed by atoms with Crippen LogP contribution in [-0.2, 0) is 23.1 Å². The highest BCUT2D eigenvalue weighted by Crippen LogP contribution is 2.48. The maximum Gasteiger partial charge on any atom is 0.416 e. The first-order valence-corrected chi connectivity index (χ1v) is 12.9. The van der Waals surface area contributed by atoms with Crippen LogP contribution in [-0.4, -0.2) is 64.8 Å². The number of anilines is 1. The van der Waals surface area contributed by atoms with Gasteiger partial charge in [0.15, 0.2) is 9.84 Å². The number of sulfone groups is 1. The van der Waals surface area contributed by atoms with Gasteiger partial charge >= 0.3 is 12.2 Å². The molecular formula is C22H23F3N6O4S. The number of nitrogens with one attached hydrogen (secondary N) is 2. The van der Waals surface area contributed by atoms with Crippen LogP contribution in [0.25, 0.3) is 5.65 Å². The second-order valence-electron chi connectivity index (χ2n) is 9.62. The lowest BCUT2D eigenvalue weighted by atomic mass is 9.60. The summed E-state index contributed by atoms with van der Waals surface area (Å²) < 4.78 is 66.6. The Morgan fingerprint density at radius 2 is 1.83 bits per heavy atom. The summed E-state index contributed by atoms with van der Waals surface area (Å²) in [5, 5.41) is 9.19. The van der Waals surface area contributed by atoms with Crippen molar-refractivity contribution in [3.8, 4) is 0 Å². The van der Waals surface area contributed by atoms with Crippen molar-refractivity contribution in [1.82, 2.24) is 24.4 Å². The number of fused-ring (bicyclic) bond motifs is 1. The molecule has 1 aromatic carbocycles. The Kier molecular flexibility index (Phi) is 5.36. The minimum atomic E-state index is -4.77. The Morgan fingerprint density at radius 3 is 2.47 bits per heavy atom. The smallest absolute Gasteiger partial charge is 0.337 e. The summed E-state index contributed by atoms with van der Waals surface area (Å²) in [6.45, 7) is 1.08. The van der Waals surface area contributed by atoms with Crippen LogP contribution >= 0.6 is 0 Å². The number of rotatable bonds is 4. The number of alkyl halides is 3. The fourth-order valence-corrected chi connectivity index (χ4v) is 5.71. The highest BCUT2D eigenvalue weighted by Gasteiger charge is 2.54. The molecule has 1 saturated carbocycles. The predicted molar refractivity (Wildman–Crippen MR) is 122 cm³/mol. The molecule has 1 aliphatic carbocycles. The van der Waals surface area contributed by atoms with E-state index in [1.807, 2.05) is 17.8 Å². The van der Waals surface area contributed by atoms with E-state index in [0.717, 1.165) is 12.3 Å². The highest BCUT2D eigenvalue weighted by atomic mass is 32.2. The molecule has 2 N–H and O–H groups in total. The molecule has 5 rings (SSSR count). The number of benzene rings is 1. The quantitative estimate of drug-likeness (QED) is 0.544. The van der Waals surface area contributed by atoms with Crippen molar-refractivity contribution in [3.05, 3.63) is 47.9 Å². The van der Waals surface area contributed by atoms with Gasteiger partial charge in [0.25, 0.3) is 5.91 Å². The van der Waals surface area contributed by atoms with E-state index in [2.05, 4.69) is 15.7 Å². The van der Waals surface area contributed by atoms with Gasteiger partial charge < -0.3 is 20.1 Å². The van der Waals surface area contributed by atoms with Crippen molar-refractivity contribution in [3.63, 3.8) is 0 Å². The number of amides is 3. The molecule has 1 saturated heterocycles. The predicted octanol–water partition coefficient (Wildman–Crippen LogP) is 2.52. The molecule has 0 radical (unpaired) electrons. The van der Waals surface area contributed by atoms with Crippen LogP contribution in [0.2, 0.25) is 0 Å². The van der Waals surface area contributed by atoms with Gasteiger partial charge in [-0.3, -0.25) is 4.79 Å². The topological polar surface area (TPSA) is 118 Å². The summed E-state index contributed by atoms with van der Waals surface area (Å²) in [5.74, 6) is -0.113. The van der Waals surface area contributed by atoms with Crippen LogP contribution in [0.1, 0.15) is 28.8 Å². The number of nitrogens with zero attached hydrogens (tertiary/aromatic N) is 4. The maximum atomic E-state index is 13.2. The summed E-state index contributed by atoms with van der Waals surface area (Å²) in [6, 6.07) is 1.27. The van der Waals surface area contributed by atoms with E-state index in [-0.39, 0.29) is 23.1 Å². The van der Waals surface area contributed by atoms with Gasteiger partial charge in [-0.2, -0.15) is 18.3 Å². The number of carbonyl (C=O) groups excluding carboxylic acids is 2. The summed E-state index contributed by atoms with van der Waals surface area (Å²) in [7, 11) is -2.09. The molecule has 0 atom stereocenters. The number of carbonyl (C=O) groups is 2. The first kappa shape index (κ1) is 24.2. The van der Waals surface area contributed by atoms with Crippen LogP contribution < -0.4 is 10.6 Å². The summed E-state index contributed by atoms with van der Waals surface area (Å²) in [4.78, 5) is 26.5. The molecule has 0 unspecified atom stereocenters. The average Bonchev–Trinajstić information content (AvgIpc) is 3.30. The molecule has 36 heavy (non-hydrogen) atoms. The third-order valence-corrected chi connectivity index (χ3v) is 7.81. The van der Waals surface area contributed by atoms with Gasteiger partial charge in [-0.1, -0.05) is 0 Å². The Morgan fingerprint density at radius 1 is 1.14 bits per heavy atom. The Balaban J connectivity index is 1.17. The van der Waals surface area contributed by atoms with Crippen molar-refractivity contribution in [2.75, 3.05) is 24.7 Å². The molecule has 14 heteroatoms. The second-order valence-corrected chi connectivity index (χ2v) is 11.6. The summed E-state index contributed by atoms with van der Waals surface area (Å²) >= 11 is 0. The SMILES string of the molecule is Cn1ccn2ncc(C(=O)N3CC4(CC(NC(=O)Nc5cc(C(F)(F)F)cc(S(C)(=O)=O)c5)C4)C3)c12. The van der Waals surface area contributed by atoms with Crippen LogP contribution in [0.15, 0.2) is 41.7 Å². The van der Waals surface area contributed by atoms with Crippen LogP contribution in [0, 0.1) is 5.41 Å². The van der Waals surface area contributed by atoms with Crippen molar-refractivity contribution in [2.24, 2.45) is 12.5 Å². The van der Waals surface area contributed by atoms with E-state index in [9.17, 15) is 31.2 Å². The van der Waals surface area contributed by atoms with Gasteiger partial charge in [0.05, 0.1) is 16.7 Å². The highest BCUT2D eigenvalue weighted by molar-refractivity contribution is 7.90. The van der Waals surface area contributed by atoms with E-state index in [1.54, 1.807) is 21.8 Å². The van der Waals surface area contributed by atoms with Crippen molar-refractivity contribution in [1.29, 1.82) is 0 Å². The molecule has 2 aliphatic rings. The van der Waals surface area contributed by atoms with E-state index < -0.39 is 32.5 Å². The van der Waals surface area contributed by atoms with Crippen molar-refractivity contribution in [2.45, 2.75) is 30.0 Å². The zero-order valence-electron chi connectivity index (χ0n) is 19.3. The van der Waals surface area contributed by atoms with Crippen molar-refractivity contribution >= 4 is 33.1 Å². The maximum absolute atomic E-state index is 13.2. The third kappa shape index (κ3) is 4.29. The number of hydrogen-bond donors (Lipinski definition) is 2. The molecule has 0 bridgehead atoms. The van der Waals surface area contributed by atoms with E-state index in [4.69, 9.17) is 0 Å². The fourth-order valence-electron chi connectivity index (χ4n) is 5.03. The molecule has 3 heterocycles. The molecule has 192 valence electrons. The third-order valence-electron chi connectivity index (χ3n) is 6.72. The van der Waals surface area contributed by atoms with Crippen LogP contribution in [0.5, 0.6) is 0 Å². The van der Waals surface area contributed by atoms with Gasteiger partial charge in [0.1, 0.15) is 11.2 Å². The minimum Gasteiger partial charge on any atom is -0.337 e. The number of hydrogen-bond acceptors (Lipinski definition) is 5. The van der Waals surface area contributed by atoms with Gasteiger partial charge in [-0.05, 0) is 31.0 Å². The summed E-state index contributed by atoms with van der Waals surface area (Å²) in [5.41, 5.74) is -0.327. The fraction of sp³-hybridized carbons (Fsp3) is 0.409. The van der Waals surface area contributed by atoms with Gasteiger partial charge in [0, 0.05) is 55.9 Å². The minimum absolute atomic E-state index is 0.103. The van der Waals surface area contributed by atoms with Crippen molar-refractivity contribution < 1.29 is 31.2 Å². The molecule has 3 amide bonds. The number of aromatic nitrogens is 3. The van der Waals surface area contributed by atoms with Gasteiger partial charge in [0.2, 0.25) is 0 Å². The van der Waals surface area contributed by atoms with Gasteiger partial charge in [-0.15, -0.1) is 0 Å². The molecule has 10 nitrogen and oxygen atoms in total. The van der Waals surface area contributed by atoms with Crippen LogP contribution in [0.3, 0.4) is 0 Å². The number of urea groups is 1. The Bertz CT molecular complexity index is 1480. The number of aryl methyl sites for hydroxylation is 1. The lowest BCUT2D eigenvalue weighted by Gasteiger charge is -2.58. The molecule has 3 aromatic rings. The molecular weight excluding hydrogens is 501 g/mol. The number of likely N-dealkylation sites (tertiary alicyclic amines) is 1. The van der Waals surface area contributed by atoms with Crippen LogP contribution in [0.4, 0.5) is 23.7 Å². The van der Waals surface area contributed by atoms with Gasteiger partial charge in [-0.25, -0.2) is 17.7 Å². The number of imidazole rings is 1. The average molecular weight is 525 g/mol. The zero-order chi connectivity index (χ0) is 26.0. The zero-order valence-corrected chi connectivity index (χ0v) is 20.2. The normalized spacial score (nSPS) is 17.6. The molecule has 2 aromatic heterocycles. The second kappa shape index (κ2) is 7.98. The monoisotopic (exact) mass is 524 g/mol. The van der Waals surface area contributed by atoms with E-state index in [1.165, 1.54) is 0 Å². The largest absolute Gasteiger partial charge is 0.416 e. The lowest BCUT2D eigenvalue weighted by Crippen LogP contribution is -2.67. The Labute approximate surface area is 204 Å². The Hall–Kier alpha value is -3.55. The van der Waals surface area contributed by atoms with E-state index >= 15 is 0 Å². The summed E-state index contributed by atoms with van der Waals surface area (Å²) in [6.07, 6.45) is 2.38. The number of halogens is 3. The standard InChI is InChI=1S/C22H23F3N6O4S/c1-29-3-4-31-18(29)17(10-26-31)19(32)30-11-21(12-30)8-15(9-21)28-20(33)27-14-5-13(22(23,24)25)6-16(7-14)36(2,34)35/h3-7,10,15H,8-9,11-12H2,1-2H3,(H2,27,28,33).